The van der Waals surface area contributed by atoms with Crippen LogP contribution in [-0.2, 0) is 17.7 Å². The van der Waals surface area contributed by atoms with Crippen LogP contribution in [0.1, 0.15) is 50.1 Å². The minimum absolute atomic E-state index is 0.759. The summed E-state index contributed by atoms with van der Waals surface area (Å²) in [4.78, 5) is 0. The van der Waals surface area contributed by atoms with Crippen molar-refractivity contribution in [2.75, 3.05) is 26.3 Å². The average Bonchev–Trinajstić information content (AvgIpc) is 2.70. The van der Waals surface area contributed by atoms with Gasteiger partial charge in [-0.2, -0.15) is 5.10 Å². The van der Waals surface area contributed by atoms with Gasteiger partial charge >= 0.3 is 0 Å². The van der Waals surface area contributed by atoms with Crippen LogP contribution in [0.25, 0.3) is 0 Å². The third-order valence-corrected chi connectivity index (χ3v) is 3.60. The molecule has 0 aliphatic heterocycles. The van der Waals surface area contributed by atoms with Crippen molar-refractivity contribution in [2.45, 2.75) is 59.9 Å². The summed E-state index contributed by atoms with van der Waals surface area (Å²) in [5.41, 5.74) is 3.84. The molecule has 0 amide bonds. The van der Waals surface area contributed by atoms with Gasteiger partial charge in [0, 0.05) is 12.3 Å². The van der Waals surface area contributed by atoms with Crippen LogP contribution in [0.3, 0.4) is 0 Å². The van der Waals surface area contributed by atoms with E-state index in [9.17, 15) is 0 Å². The van der Waals surface area contributed by atoms with Crippen molar-refractivity contribution in [1.82, 2.24) is 15.1 Å². The molecule has 0 fully saturated rings. The maximum absolute atomic E-state index is 5.62. The van der Waals surface area contributed by atoms with E-state index >= 15 is 0 Å². The third-order valence-electron chi connectivity index (χ3n) is 3.60. The van der Waals surface area contributed by atoms with Crippen LogP contribution in [0.15, 0.2) is 0 Å². The number of unbranched alkanes of at least 4 members (excludes halogenated alkanes) is 1. The number of ether oxygens (including phenoxy) is 1. The number of hydrogen-bond donors (Lipinski definition) is 1. The van der Waals surface area contributed by atoms with Gasteiger partial charge in [0.25, 0.3) is 0 Å². The number of nitrogens with one attached hydrogen (secondary N) is 1. The van der Waals surface area contributed by atoms with Crippen molar-refractivity contribution in [3.05, 3.63) is 17.0 Å². The van der Waals surface area contributed by atoms with E-state index in [0.29, 0.717) is 0 Å². The molecule has 0 spiro atoms. The quantitative estimate of drug-likeness (QED) is 0.634. The fourth-order valence-corrected chi connectivity index (χ4v) is 2.33. The number of aryl methyl sites for hydroxylation is 1. The Labute approximate surface area is 123 Å². The van der Waals surface area contributed by atoms with Gasteiger partial charge in [0.2, 0.25) is 0 Å². The highest BCUT2D eigenvalue weighted by molar-refractivity contribution is 5.24. The molecule has 0 aliphatic carbocycles. The van der Waals surface area contributed by atoms with Crippen molar-refractivity contribution in [2.24, 2.45) is 0 Å². The maximum Gasteiger partial charge on any atom is 0.0662 e. The molecule has 4 nitrogen and oxygen atoms in total. The number of nitrogens with zero attached hydrogens (tertiary/aromatic N) is 2. The minimum Gasteiger partial charge on any atom is -0.380 e. The monoisotopic (exact) mass is 281 g/mol. The fourth-order valence-electron chi connectivity index (χ4n) is 2.33. The molecular weight excluding hydrogens is 250 g/mol. The zero-order valence-corrected chi connectivity index (χ0v) is 13.7. The zero-order valence-electron chi connectivity index (χ0n) is 13.7. The molecule has 1 heterocycles. The largest absolute Gasteiger partial charge is 0.380 e. The van der Waals surface area contributed by atoms with Crippen LogP contribution in [0.5, 0.6) is 0 Å². The van der Waals surface area contributed by atoms with E-state index in [0.717, 1.165) is 51.4 Å². The molecule has 0 saturated heterocycles. The lowest BCUT2D eigenvalue weighted by Gasteiger charge is -2.07. The highest BCUT2D eigenvalue weighted by Gasteiger charge is 2.10. The van der Waals surface area contributed by atoms with E-state index < -0.39 is 0 Å². The van der Waals surface area contributed by atoms with Crippen LogP contribution >= 0.6 is 0 Å². The first-order valence-corrected chi connectivity index (χ1v) is 8.02. The molecule has 1 aromatic rings. The van der Waals surface area contributed by atoms with Crippen LogP contribution in [-0.4, -0.2) is 36.1 Å². The second kappa shape index (κ2) is 9.94. The van der Waals surface area contributed by atoms with Gasteiger partial charge < -0.3 is 10.1 Å². The summed E-state index contributed by atoms with van der Waals surface area (Å²) in [6.45, 7) is 13.3. The molecule has 0 aliphatic rings. The Bertz CT molecular complexity index is 374. The highest BCUT2D eigenvalue weighted by atomic mass is 16.5. The molecule has 0 saturated carbocycles. The Morgan fingerprint density at radius 2 is 1.90 bits per heavy atom. The van der Waals surface area contributed by atoms with E-state index in [-0.39, 0.29) is 0 Å². The molecule has 0 atom stereocenters. The maximum atomic E-state index is 5.62. The van der Waals surface area contributed by atoms with Crippen molar-refractivity contribution in [1.29, 1.82) is 0 Å². The van der Waals surface area contributed by atoms with E-state index in [1.807, 2.05) is 0 Å². The summed E-state index contributed by atoms with van der Waals surface area (Å²) in [7, 11) is 0. The normalized spacial score (nSPS) is 11.2. The molecule has 20 heavy (non-hydrogen) atoms. The van der Waals surface area contributed by atoms with Gasteiger partial charge in [-0.25, -0.2) is 0 Å². The number of rotatable bonds is 11. The van der Waals surface area contributed by atoms with E-state index in [1.54, 1.807) is 0 Å². The lowest BCUT2D eigenvalue weighted by molar-refractivity contribution is 0.120. The summed E-state index contributed by atoms with van der Waals surface area (Å²) < 4.78 is 7.72. The molecule has 4 heteroatoms. The van der Waals surface area contributed by atoms with Crippen LogP contribution in [0.2, 0.25) is 0 Å². The number of hydrogen-bond acceptors (Lipinski definition) is 3. The summed E-state index contributed by atoms with van der Waals surface area (Å²) in [6.07, 6.45) is 4.58. The molecule has 0 aromatic carbocycles. The molecule has 116 valence electrons. The predicted molar refractivity (Wildman–Crippen MR) is 84.3 cm³/mol. The fraction of sp³-hybridized carbons (Fsp3) is 0.812. The second-order valence-electron chi connectivity index (χ2n) is 5.34. The molecule has 0 bridgehead atoms. The zero-order chi connectivity index (χ0) is 14.8. The van der Waals surface area contributed by atoms with Gasteiger partial charge in [-0.1, -0.05) is 20.3 Å². The standard InChI is InChI=1S/C16H31N3O/c1-5-7-12-20-13-11-19-15(4)16(14(3)18-19)8-10-17-9-6-2/h17H,5-13H2,1-4H3. The van der Waals surface area contributed by atoms with Gasteiger partial charge in [0.05, 0.1) is 18.8 Å². The predicted octanol–water partition coefficient (Wildman–Crippen LogP) is 2.86. The Morgan fingerprint density at radius 3 is 2.60 bits per heavy atom. The smallest absolute Gasteiger partial charge is 0.0662 e. The Balaban J connectivity index is 2.40. The van der Waals surface area contributed by atoms with Gasteiger partial charge in [0.1, 0.15) is 0 Å². The third kappa shape index (κ3) is 5.63. The highest BCUT2D eigenvalue weighted by Crippen LogP contribution is 2.13. The molecule has 1 N–H and O–H groups in total. The first-order chi connectivity index (χ1) is 9.70. The summed E-state index contributed by atoms with van der Waals surface area (Å²) >= 11 is 0. The summed E-state index contributed by atoms with van der Waals surface area (Å²) in [6, 6.07) is 0. The lowest BCUT2D eigenvalue weighted by atomic mass is 10.1. The number of aromatic nitrogens is 2. The summed E-state index contributed by atoms with van der Waals surface area (Å²) in [5.74, 6) is 0. The van der Waals surface area contributed by atoms with Crippen molar-refractivity contribution in [3.63, 3.8) is 0 Å². The van der Waals surface area contributed by atoms with Gasteiger partial charge in [-0.15, -0.1) is 0 Å². The molecule has 0 radical (unpaired) electrons. The van der Waals surface area contributed by atoms with E-state index in [4.69, 9.17) is 4.74 Å². The van der Waals surface area contributed by atoms with Crippen LogP contribution in [0.4, 0.5) is 0 Å². The average molecular weight is 281 g/mol. The first kappa shape index (κ1) is 17.2. The SMILES string of the molecule is CCCCOCCn1nc(C)c(CCNCCC)c1C. The first-order valence-electron chi connectivity index (χ1n) is 8.02. The van der Waals surface area contributed by atoms with Crippen LogP contribution in [0, 0.1) is 13.8 Å². The molecule has 1 aromatic heterocycles. The van der Waals surface area contributed by atoms with Gasteiger partial charge in [0.15, 0.2) is 0 Å². The Hall–Kier alpha value is -0.870. The lowest BCUT2D eigenvalue weighted by Crippen LogP contribution is -2.18. The minimum atomic E-state index is 0.759. The van der Waals surface area contributed by atoms with Gasteiger partial charge in [-0.05, 0) is 51.8 Å². The Morgan fingerprint density at radius 1 is 1.10 bits per heavy atom. The van der Waals surface area contributed by atoms with E-state index in [2.05, 4.69) is 42.8 Å². The molecule has 1 rings (SSSR count). The van der Waals surface area contributed by atoms with Crippen molar-refractivity contribution >= 4 is 0 Å². The van der Waals surface area contributed by atoms with Crippen molar-refractivity contribution < 1.29 is 4.74 Å². The molecular formula is C16H31N3O. The van der Waals surface area contributed by atoms with Gasteiger partial charge in [-0.3, -0.25) is 4.68 Å². The van der Waals surface area contributed by atoms with E-state index in [1.165, 1.54) is 24.1 Å². The Kier molecular flexibility index (Phi) is 8.54. The topological polar surface area (TPSA) is 39.1 Å². The van der Waals surface area contributed by atoms with Crippen LogP contribution < -0.4 is 5.32 Å². The summed E-state index contributed by atoms with van der Waals surface area (Å²) in [5, 5.41) is 8.09. The second-order valence-corrected chi connectivity index (χ2v) is 5.34. The molecule has 0 unspecified atom stereocenters. The van der Waals surface area contributed by atoms with Crippen molar-refractivity contribution in [3.8, 4) is 0 Å².